The quantitative estimate of drug-likeness (QED) is 0.148. The molecule has 0 spiro atoms. The molecule has 0 saturated heterocycles. The first-order valence-corrected chi connectivity index (χ1v) is 18.1. The van der Waals surface area contributed by atoms with Crippen molar-refractivity contribution in [1.82, 2.24) is 9.80 Å². The fraction of sp³-hybridized carbons (Fsp3) is 0.125. The highest BCUT2D eigenvalue weighted by atomic mass is 16.5. The summed E-state index contributed by atoms with van der Waals surface area (Å²) < 4.78 is 12.1. The third-order valence-electron chi connectivity index (χ3n) is 9.85. The van der Waals surface area contributed by atoms with Gasteiger partial charge in [0.2, 0.25) is 11.8 Å². The zero-order valence-electron chi connectivity index (χ0n) is 30.1. The molecule has 0 aromatic heterocycles. The first kappa shape index (κ1) is 35.7. The largest absolute Gasteiger partial charge is 0.457 e. The smallest absolute Gasteiger partial charge is 0.246 e. The molecule has 2 atom stereocenters. The lowest BCUT2D eigenvalue weighted by Crippen LogP contribution is -2.37. The van der Waals surface area contributed by atoms with Gasteiger partial charge >= 0.3 is 0 Å². The van der Waals surface area contributed by atoms with Gasteiger partial charge in [-0.15, -0.1) is 0 Å². The van der Waals surface area contributed by atoms with Gasteiger partial charge in [0, 0.05) is 38.0 Å². The molecule has 0 aliphatic carbocycles. The zero-order chi connectivity index (χ0) is 37.3. The fourth-order valence-electron chi connectivity index (χ4n) is 7.17. The van der Waals surface area contributed by atoms with Crippen molar-refractivity contribution in [2.75, 3.05) is 13.1 Å². The van der Waals surface area contributed by atoms with Crippen molar-refractivity contribution < 1.29 is 19.1 Å². The number of benzene rings is 6. The number of hydrogen-bond donors (Lipinski definition) is 0. The number of rotatable bonds is 8. The summed E-state index contributed by atoms with van der Waals surface area (Å²) in [7, 11) is 0. The Balaban J connectivity index is 0.000000167. The Kier molecular flexibility index (Phi) is 11.1. The van der Waals surface area contributed by atoms with Crippen LogP contribution in [0.2, 0.25) is 0 Å². The number of ether oxygens (including phenoxy) is 2. The minimum atomic E-state index is -0.0359. The molecule has 6 aromatic carbocycles. The average Bonchev–Trinajstić information content (AvgIpc) is 3.24. The van der Waals surface area contributed by atoms with E-state index in [9.17, 15) is 9.59 Å². The van der Waals surface area contributed by atoms with E-state index in [1.165, 1.54) is 34.4 Å². The Bertz CT molecular complexity index is 2060. The monoisotopic (exact) mass is 710 g/mol. The number of amides is 2. The summed E-state index contributed by atoms with van der Waals surface area (Å²) >= 11 is 0. The molecule has 2 aliphatic rings. The first-order chi connectivity index (χ1) is 26.5. The molecule has 6 heteroatoms. The predicted molar refractivity (Wildman–Crippen MR) is 214 cm³/mol. The molecule has 6 nitrogen and oxygen atoms in total. The van der Waals surface area contributed by atoms with E-state index in [4.69, 9.17) is 9.47 Å². The highest BCUT2D eigenvalue weighted by Gasteiger charge is 2.30. The highest BCUT2D eigenvalue weighted by molar-refractivity contribution is 5.88. The summed E-state index contributed by atoms with van der Waals surface area (Å²) in [5.41, 5.74) is 7.09. The Morgan fingerprint density at radius 1 is 0.481 bits per heavy atom. The van der Waals surface area contributed by atoms with Crippen LogP contribution in [0, 0.1) is 0 Å². The minimum Gasteiger partial charge on any atom is -0.457 e. The number of carbonyl (C=O) groups is 2. The summed E-state index contributed by atoms with van der Waals surface area (Å²) in [4.78, 5) is 28.2. The van der Waals surface area contributed by atoms with Crippen molar-refractivity contribution in [3.8, 4) is 23.0 Å². The van der Waals surface area contributed by atoms with Crippen LogP contribution in [0.15, 0.2) is 183 Å². The van der Waals surface area contributed by atoms with Crippen LogP contribution >= 0.6 is 0 Å². The highest BCUT2D eigenvalue weighted by Crippen LogP contribution is 2.38. The van der Waals surface area contributed by atoms with Crippen LogP contribution in [0.4, 0.5) is 0 Å². The van der Waals surface area contributed by atoms with Crippen molar-refractivity contribution in [2.24, 2.45) is 0 Å². The van der Waals surface area contributed by atoms with Crippen molar-refractivity contribution in [1.29, 1.82) is 0 Å². The van der Waals surface area contributed by atoms with E-state index in [0.717, 1.165) is 34.1 Å². The third-order valence-corrected chi connectivity index (χ3v) is 9.85. The van der Waals surface area contributed by atoms with Crippen LogP contribution in [0.5, 0.6) is 23.0 Å². The minimum absolute atomic E-state index is 0.0359. The van der Waals surface area contributed by atoms with E-state index in [1.54, 1.807) is 0 Å². The lowest BCUT2D eigenvalue weighted by Gasteiger charge is -2.34. The van der Waals surface area contributed by atoms with Gasteiger partial charge in [0.15, 0.2) is 0 Å². The molecule has 0 N–H and O–H groups in total. The lowest BCUT2D eigenvalue weighted by molar-refractivity contribution is -0.127. The van der Waals surface area contributed by atoms with Gasteiger partial charge < -0.3 is 19.3 Å². The molecular formula is C48H42N2O4. The second-order valence-corrected chi connectivity index (χ2v) is 13.3. The molecular weight excluding hydrogens is 669 g/mol. The molecule has 2 aliphatic heterocycles. The molecule has 2 heterocycles. The fourth-order valence-corrected chi connectivity index (χ4v) is 7.17. The summed E-state index contributed by atoms with van der Waals surface area (Å²) in [6.45, 7) is 9.73. The van der Waals surface area contributed by atoms with Gasteiger partial charge in [0.25, 0.3) is 0 Å². The maximum atomic E-state index is 12.2. The first-order valence-electron chi connectivity index (χ1n) is 18.1. The summed E-state index contributed by atoms with van der Waals surface area (Å²) in [5, 5.41) is 0. The van der Waals surface area contributed by atoms with Crippen molar-refractivity contribution >= 4 is 11.8 Å². The topological polar surface area (TPSA) is 59.1 Å². The van der Waals surface area contributed by atoms with Gasteiger partial charge in [0.1, 0.15) is 23.0 Å². The van der Waals surface area contributed by atoms with Gasteiger partial charge in [-0.05, 0) is 94.1 Å². The number of carbonyl (C=O) groups excluding carboxylic acids is 2. The van der Waals surface area contributed by atoms with E-state index in [0.29, 0.717) is 26.2 Å². The Morgan fingerprint density at radius 3 is 1.19 bits per heavy atom. The number of para-hydroxylation sites is 2. The van der Waals surface area contributed by atoms with Crippen LogP contribution in [0.3, 0.4) is 0 Å². The predicted octanol–water partition coefficient (Wildman–Crippen LogP) is 10.3. The van der Waals surface area contributed by atoms with E-state index in [-0.39, 0.29) is 23.7 Å². The number of hydrogen-bond acceptors (Lipinski definition) is 4. The number of fused-ring (bicyclic) bond motifs is 2. The molecule has 0 radical (unpaired) electrons. The second-order valence-electron chi connectivity index (χ2n) is 13.3. The van der Waals surface area contributed by atoms with E-state index in [1.807, 2.05) is 119 Å². The number of nitrogens with zero attached hydrogens (tertiary/aromatic N) is 2. The second kappa shape index (κ2) is 16.8. The molecule has 268 valence electrons. The molecule has 0 bridgehead atoms. The van der Waals surface area contributed by atoms with Gasteiger partial charge in [-0.25, -0.2) is 0 Å². The van der Waals surface area contributed by atoms with Crippen LogP contribution in [-0.4, -0.2) is 34.7 Å². The Morgan fingerprint density at radius 2 is 0.833 bits per heavy atom. The van der Waals surface area contributed by atoms with Gasteiger partial charge in [-0.3, -0.25) is 9.59 Å². The van der Waals surface area contributed by atoms with Crippen LogP contribution in [0.25, 0.3) is 0 Å². The van der Waals surface area contributed by atoms with Crippen molar-refractivity contribution in [3.05, 3.63) is 216 Å². The summed E-state index contributed by atoms with van der Waals surface area (Å²) in [5.74, 6) is 3.39. The normalized spacial score (nSPS) is 15.7. The van der Waals surface area contributed by atoms with E-state index >= 15 is 0 Å². The van der Waals surface area contributed by atoms with E-state index in [2.05, 4.69) is 61.7 Å². The molecule has 0 saturated carbocycles. The Hall–Kier alpha value is -6.66. The van der Waals surface area contributed by atoms with Crippen LogP contribution < -0.4 is 9.47 Å². The molecule has 0 fully saturated rings. The van der Waals surface area contributed by atoms with Crippen LogP contribution in [-0.2, 0) is 22.7 Å². The third kappa shape index (κ3) is 8.35. The SMILES string of the molecule is C=CC(=O)N1Cc2ccc(Oc3ccccc3)cc2[C@@H](c2ccccc2)C1.C=CC(=O)N1Cc2ccc(Oc3ccccc3)cc2[C@H](c2ccccc2)C1. The molecule has 0 unspecified atom stereocenters. The Labute approximate surface area is 317 Å². The van der Waals surface area contributed by atoms with E-state index < -0.39 is 0 Å². The lowest BCUT2D eigenvalue weighted by atomic mass is 9.84. The summed E-state index contributed by atoms with van der Waals surface area (Å²) in [6, 6.07) is 52.4. The average molecular weight is 711 g/mol. The standard InChI is InChI=1S/2C24H21NO2/c2*1-2-24(26)25-16-19-13-14-21(27-20-11-7-4-8-12-20)15-22(19)23(17-25)18-9-5-3-6-10-18/h2*2-15,23H,1,16-17H2/t2*23-/m10/s1. The van der Waals surface area contributed by atoms with Crippen LogP contribution in [0.1, 0.15) is 45.2 Å². The summed E-state index contributed by atoms with van der Waals surface area (Å²) in [6.07, 6.45) is 2.78. The molecule has 54 heavy (non-hydrogen) atoms. The zero-order valence-corrected chi connectivity index (χ0v) is 30.1. The molecule has 6 aromatic rings. The van der Waals surface area contributed by atoms with Crippen molar-refractivity contribution in [3.63, 3.8) is 0 Å². The molecule has 8 rings (SSSR count). The van der Waals surface area contributed by atoms with Gasteiger partial charge in [-0.1, -0.05) is 122 Å². The maximum absolute atomic E-state index is 12.2. The van der Waals surface area contributed by atoms with Crippen molar-refractivity contribution in [2.45, 2.75) is 24.9 Å². The maximum Gasteiger partial charge on any atom is 0.246 e. The molecule has 2 amide bonds. The van der Waals surface area contributed by atoms with Gasteiger partial charge in [-0.2, -0.15) is 0 Å². The van der Waals surface area contributed by atoms with Gasteiger partial charge in [0.05, 0.1) is 0 Å².